The summed E-state index contributed by atoms with van der Waals surface area (Å²) in [5, 5.41) is 4.03. The lowest BCUT2D eigenvalue weighted by atomic mass is 9.98. The second-order valence-electron chi connectivity index (χ2n) is 8.75. The van der Waals surface area contributed by atoms with Gasteiger partial charge >= 0.3 is 0 Å². The molecule has 2 fully saturated rings. The Bertz CT molecular complexity index is 877. The van der Waals surface area contributed by atoms with Crippen molar-refractivity contribution in [2.45, 2.75) is 51.0 Å². The predicted molar refractivity (Wildman–Crippen MR) is 120 cm³/mol. The van der Waals surface area contributed by atoms with Crippen LogP contribution in [0.3, 0.4) is 0 Å². The Labute approximate surface area is 183 Å². The summed E-state index contributed by atoms with van der Waals surface area (Å²) in [6, 6.07) is 6.12. The molecular formula is C23H29ClN4O2. The minimum Gasteiger partial charge on any atom is -0.381 e. The summed E-state index contributed by atoms with van der Waals surface area (Å²) in [5.41, 5.74) is 1.47. The number of carbonyl (C=O) groups is 1. The summed E-state index contributed by atoms with van der Waals surface area (Å²) in [5.74, 6) is 2.09. The molecule has 2 aromatic rings. The van der Waals surface area contributed by atoms with Crippen LogP contribution in [-0.2, 0) is 14.9 Å². The number of nitrogens with one attached hydrogen (secondary N) is 1. The highest BCUT2D eigenvalue weighted by atomic mass is 35.5. The maximum Gasteiger partial charge on any atom is 0.152 e. The van der Waals surface area contributed by atoms with Gasteiger partial charge in [0.15, 0.2) is 5.82 Å². The average molecular weight is 429 g/mol. The molecule has 0 unspecified atom stereocenters. The van der Waals surface area contributed by atoms with Gasteiger partial charge in [-0.1, -0.05) is 25.4 Å². The molecule has 30 heavy (non-hydrogen) atoms. The Morgan fingerprint density at radius 3 is 2.63 bits per heavy atom. The van der Waals surface area contributed by atoms with Gasteiger partial charge in [0.2, 0.25) is 0 Å². The molecule has 4 rings (SSSR count). The Hall–Kier alpha value is -2.18. The lowest BCUT2D eigenvalue weighted by molar-refractivity contribution is -0.109. The van der Waals surface area contributed by atoms with Crippen molar-refractivity contribution in [3.63, 3.8) is 0 Å². The van der Waals surface area contributed by atoms with Crippen LogP contribution in [0.4, 0.5) is 17.3 Å². The molecule has 0 bridgehead atoms. The number of ether oxygens (including phenoxy) is 1. The number of nitrogens with zero attached hydrogens (tertiary/aromatic N) is 3. The van der Waals surface area contributed by atoms with Gasteiger partial charge in [0.25, 0.3) is 0 Å². The third-order valence-corrected chi connectivity index (χ3v) is 6.14. The number of carbonyl (C=O) groups excluding carboxylic acids is 1. The fourth-order valence-corrected chi connectivity index (χ4v) is 4.16. The van der Waals surface area contributed by atoms with Crippen LogP contribution < -0.4 is 10.2 Å². The lowest BCUT2D eigenvalue weighted by Crippen LogP contribution is -2.42. The number of hydrogen-bond donors (Lipinski definition) is 1. The van der Waals surface area contributed by atoms with E-state index in [0.717, 1.165) is 68.8 Å². The molecule has 0 radical (unpaired) electrons. The predicted octanol–water partition coefficient (Wildman–Crippen LogP) is 4.75. The molecule has 2 aliphatic rings. The summed E-state index contributed by atoms with van der Waals surface area (Å²) >= 11 is 6.01. The van der Waals surface area contributed by atoms with E-state index in [-0.39, 0.29) is 5.41 Å². The average Bonchev–Trinajstić information content (AvgIpc) is 3.56. The molecule has 1 aliphatic heterocycles. The quantitative estimate of drug-likeness (QED) is 0.612. The Kier molecular flexibility index (Phi) is 6.25. The number of halogens is 1. The van der Waals surface area contributed by atoms with Crippen molar-refractivity contribution in [3.8, 4) is 0 Å². The molecule has 1 saturated carbocycles. The summed E-state index contributed by atoms with van der Waals surface area (Å²) in [4.78, 5) is 23.4. The molecule has 0 aromatic carbocycles. The summed E-state index contributed by atoms with van der Waals surface area (Å²) in [7, 11) is 0. The van der Waals surface area contributed by atoms with Gasteiger partial charge in [0.05, 0.1) is 16.1 Å². The molecule has 0 amide bonds. The van der Waals surface area contributed by atoms with Gasteiger partial charge in [-0.15, -0.1) is 0 Å². The van der Waals surface area contributed by atoms with Gasteiger partial charge in [0.1, 0.15) is 12.1 Å². The van der Waals surface area contributed by atoms with Crippen LogP contribution in [0.2, 0.25) is 5.02 Å². The Morgan fingerprint density at radius 1 is 1.27 bits per heavy atom. The van der Waals surface area contributed by atoms with Gasteiger partial charge in [-0.2, -0.15) is 0 Å². The van der Waals surface area contributed by atoms with Gasteiger partial charge in [0, 0.05) is 38.2 Å². The van der Waals surface area contributed by atoms with Gasteiger partial charge < -0.3 is 19.7 Å². The van der Waals surface area contributed by atoms with Crippen molar-refractivity contribution in [1.82, 2.24) is 9.97 Å². The van der Waals surface area contributed by atoms with Crippen LogP contribution >= 0.6 is 11.6 Å². The molecule has 3 heterocycles. The third kappa shape index (κ3) is 4.60. The topological polar surface area (TPSA) is 67.4 Å². The van der Waals surface area contributed by atoms with Crippen molar-refractivity contribution >= 4 is 35.2 Å². The maximum absolute atomic E-state index is 11.7. The molecule has 6 nitrogen and oxygen atoms in total. The minimum atomic E-state index is -0.378. The number of aldehydes is 1. The zero-order valence-corrected chi connectivity index (χ0v) is 18.4. The molecular weight excluding hydrogens is 400 g/mol. The van der Waals surface area contributed by atoms with Crippen LogP contribution in [-0.4, -0.2) is 42.1 Å². The first-order valence-corrected chi connectivity index (χ1v) is 11.1. The van der Waals surface area contributed by atoms with E-state index in [2.05, 4.69) is 35.1 Å². The van der Waals surface area contributed by atoms with E-state index < -0.39 is 0 Å². The molecule has 160 valence electrons. The largest absolute Gasteiger partial charge is 0.381 e. The zero-order valence-electron chi connectivity index (χ0n) is 17.6. The first-order chi connectivity index (χ1) is 14.5. The SMILES string of the molecule is CC(C)CN(c1ncc(C2(C=O)CC2)cc1Nc1ccc(Cl)cn1)C1CCOCC1. The van der Waals surface area contributed by atoms with Crippen molar-refractivity contribution in [1.29, 1.82) is 0 Å². The molecule has 1 aliphatic carbocycles. The number of hydrogen-bond acceptors (Lipinski definition) is 6. The van der Waals surface area contributed by atoms with Crippen LogP contribution in [0.1, 0.15) is 45.1 Å². The molecule has 0 atom stereocenters. The summed E-state index contributed by atoms with van der Waals surface area (Å²) in [6.07, 6.45) is 8.29. The van der Waals surface area contributed by atoms with Gasteiger partial charge in [-0.05, 0) is 55.4 Å². The number of pyridine rings is 2. The van der Waals surface area contributed by atoms with E-state index in [4.69, 9.17) is 21.3 Å². The van der Waals surface area contributed by atoms with E-state index >= 15 is 0 Å². The Morgan fingerprint density at radius 2 is 2.03 bits per heavy atom. The number of aromatic nitrogens is 2. The third-order valence-electron chi connectivity index (χ3n) is 5.91. The van der Waals surface area contributed by atoms with Crippen molar-refractivity contribution < 1.29 is 9.53 Å². The standard InChI is InChI=1S/C23H29ClN4O2/c1-16(2)14-28(19-5-9-30-10-6-19)22-20(27-21-4-3-18(24)13-25-21)11-17(12-26-22)23(15-29)7-8-23/h3-4,11-13,15-16,19H,5-10,14H2,1-2H3,(H,25,27). The molecule has 2 aromatic heterocycles. The Balaban J connectivity index is 1.73. The first-order valence-electron chi connectivity index (χ1n) is 10.7. The summed E-state index contributed by atoms with van der Waals surface area (Å²) < 4.78 is 5.59. The van der Waals surface area contributed by atoms with Crippen molar-refractivity contribution in [2.75, 3.05) is 30.0 Å². The first kappa shape index (κ1) is 21.1. The molecule has 1 saturated heterocycles. The van der Waals surface area contributed by atoms with Crippen molar-refractivity contribution in [3.05, 3.63) is 41.2 Å². The van der Waals surface area contributed by atoms with Crippen LogP contribution in [0, 0.1) is 5.92 Å². The van der Waals surface area contributed by atoms with E-state index in [1.165, 1.54) is 0 Å². The lowest BCUT2D eigenvalue weighted by Gasteiger charge is -2.37. The fourth-order valence-electron chi connectivity index (χ4n) is 4.05. The van der Waals surface area contributed by atoms with E-state index in [1.54, 1.807) is 6.20 Å². The highest BCUT2D eigenvalue weighted by Gasteiger charge is 2.45. The van der Waals surface area contributed by atoms with E-state index in [9.17, 15) is 4.79 Å². The van der Waals surface area contributed by atoms with Crippen LogP contribution in [0.25, 0.3) is 0 Å². The molecule has 7 heteroatoms. The minimum absolute atomic E-state index is 0.374. The highest BCUT2D eigenvalue weighted by molar-refractivity contribution is 6.30. The second-order valence-corrected chi connectivity index (χ2v) is 9.18. The summed E-state index contributed by atoms with van der Waals surface area (Å²) in [6.45, 7) is 6.89. The van der Waals surface area contributed by atoms with E-state index in [1.807, 2.05) is 18.3 Å². The maximum atomic E-state index is 11.7. The molecule has 0 spiro atoms. The van der Waals surface area contributed by atoms with E-state index in [0.29, 0.717) is 22.8 Å². The highest BCUT2D eigenvalue weighted by Crippen LogP contribution is 2.47. The normalized spacial score (nSPS) is 18.3. The second kappa shape index (κ2) is 8.90. The number of rotatable bonds is 8. The van der Waals surface area contributed by atoms with Crippen LogP contribution in [0.15, 0.2) is 30.6 Å². The van der Waals surface area contributed by atoms with Crippen LogP contribution in [0.5, 0.6) is 0 Å². The van der Waals surface area contributed by atoms with Gasteiger partial charge in [-0.3, -0.25) is 0 Å². The monoisotopic (exact) mass is 428 g/mol. The zero-order chi connectivity index (χ0) is 21.1. The number of anilines is 3. The van der Waals surface area contributed by atoms with Crippen molar-refractivity contribution in [2.24, 2.45) is 5.92 Å². The molecule has 1 N–H and O–H groups in total. The van der Waals surface area contributed by atoms with Gasteiger partial charge in [-0.25, -0.2) is 9.97 Å². The smallest absolute Gasteiger partial charge is 0.152 e. The fraction of sp³-hybridized carbons (Fsp3) is 0.522.